The van der Waals surface area contributed by atoms with Crippen LogP contribution >= 0.6 is 0 Å². The van der Waals surface area contributed by atoms with Crippen molar-refractivity contribution in [2.75, 3.05) is 0 Å². The summed E-state index contributed by atoms with van der Waals surface area (Å²) in [5.41, 5.74) is 1.73. The molecule has 2 N–H and O–H groups in total. The highest BCUT2D eigenvalue weighted by molar-refractivity contribution is 6.16. The van der Waals surface area contributed by atoms with Crippen LogP contribution in [-0.4, -0.2) is 26.8 Å². The number of carbonyl (C=O) groups excluding carboxylic acids is 1. The lowest BCUT2D eigenvalue weighted by atomic mass is 9.99. The molecule has 0 saturated carbocycles. The van der Waals surface area contributed by atoms with E-state index in [4.69, 9.17) is 5.11 Å². The first kappa shape index (κ1) is 21.0. The second-order valence-electron chi connectivity index (χ2n) is 7.03. The van der Waals surface area contributed by atoms with Crippen molar-refractivity contribution in [2.24, 2.45) is 0 Å². The van der Waals surface area contributed by atoms with Crippen LogP contribution in [0, 0.1) is 0 Å². The first-order chi connectivity index (χ1) is 15.2. The molecule has 0 aliphatic heterocycles. The quantitative estimate of drug-likeness (QED) is 0.316. The summed E-state index contributed by atoms with van der Waals surface area (Å²) in [7, 11) is 0. The van der Waals surface area contributed by atoms with Gasteiger partial charge in [0.15, 0.2) is 5.78 Å². The average Bonchev–Trinajstić information content (AvgIpc) is 3.20. The van der Waals surface area contributed by atoms with Gasteiger partial charge in [-0.05, 0) is 41.5 Å². The summed E-state index contributed by atoms with van der Waals surface area (Å²) in [6.45, 7) is 0. The number of carboxylic acid groups (broad SMARTS) is 1. The van der Waals surface area contributed by atoms with Crippen molar-refractivity contribution in [3.8, 4) is 11.1 Å². The first-order valence-electron chi connectivity index (χ1n) is 9.43. The predicted octanol–water partition coefficient (Wildman–Crippen LogP) is 5.58. The number of benzene rings is 2. The van der Waals surface area contributed by atoms with Crippen LogP contribution in [0.15, 0.2) is 73.1 Å². The Labute approximate surface area is 179 Å². The van der Waals surface area contributed by atoms with Crippen LogP contribution in [0.25, 0.3) is 28.2 Å². The first-order valence-corrected chi connectivity index (χ1v) is 9.43. The van der Waals surface area contributed by atoms with Crippen molar-refractivity contribution >= 4 is 28.9 Å². The molecule has 2 aromatic carbocycles. The predicted molar refractivity (Wildman–Crippen MR) is 113 cm³/mol. The minimum atomic E-state index is -4.55. The van der Waals surface area contributed by atoms with Crippen LogP contribution in [0.5, 0.6) is 0 Å². The number of H-pyrrole nitrogens is 1. The molecule has 4 rings (SSSR count). The van der Waals surface area contributed by atoms with E-state index in [0.29, 0.717) is 22.2 Å². The van der Waals surface area contributed by atoms with E-state index in [1.165, 1.54) is 24.4 Å². The summed E-state index contributed by atoms with van der Waals surface area (Å²) in [6, 6.07) is 13.1. The number of aliphatic carboxylic acids is 1. The number of aromatic amines is 1. The number of halogens is 3. The molecule has 0 spiro atoms. The van der Waals surface area contributed by atoms with E-state index in [1.807, 2.05) is 6.07 Å². The van der Waals surface area contributed by atoms with Gasteiger partial charge < -0.3 is 10.1 Å². The molecule has 160 valence electrons. The van der Waals surface area contributed by atoms with Gasteiger partial charge in [-0.3, -0.25) is 4.79 Å². The fourth-order valence-electron chi connectivity index (χ4n) is 3.33. The number of rotatable bonds is 5. The normalized spacial score (nSPS) is 11.8. The van der Waals surface area contributed by atoms with E-state index < -0.39 is 23.5 Å². The zero-order valence-electron chi connectivity index (χ0n) is 16.4. The molecule has 0 amide bonds. The Bertz CT molecular complexity index is 1370. The monoisotopic (exact) mass is 436 g/mol. The van der Waals surface area contributed by atoms with E-state index in [1.54, 1.807) is 30.5 Å². The molecule has 2 aromatic heterocycles. The number of hydrogen-bond donors (Lipinski definition) is 2. The summed E-state index contributed by atoms with van der Waals surface area (Å²) in [5.74, 6) is -1.62. The number of carboxylic acids is 1. The largest absolute Gasteiger partial charge is 0.478 e. The van der Waals surface area contributed by atoms with Crippen LogP contribution < -0.4 is 0 Å². The molecule has 8 heteroatoms. The highest BCUT2D eigenvalue weighted by atomic mass is 19.4. The van der Waals surface area contributed by atoms with E-state index >= 15 is 0 Å². The van der Waals surface area contributed by atoms with Crippen LogP contribution in [0.2, 0.25) is 0 Å². The van der Waals surface area contributed by atoms with Crippen molar-refractivity contribution in [3.05, 3.63) is 95.3 Å². The topological polar surface area (TPSA) is 83.0 Å². The minimum absolute atomic E-state index is 0.0769. The molecule has 0 bridgehead atoms. The lowest BCUT2D eigenvalue weighted by molar-refractivity contribution is -0.137. The maximum Gasteiger partial charge on any atom is 0.416 e. The molecule has 5 nitrogen and oxygen atoms in total. The second-order valence-corrected chi connectivity index (χ2v) is 7.03. The van der Waals surface area contributed by atoms with Gasteiger partial charge in [-0.1, -0.05) is 30.3 Å². The third-order valence-corrected chi connectivity index (χ3v) is 4.87. The Morgan fingerprint density at radius 1 is 1.00 bits per heavy atom. The minimum Gasteiger partial charge on any atom is -0.478 e. The van der Waals surface area contributed by atoms with E-state index in [9.17, 15) is 22.8 Å². The van der Waals surface area contributed by atoms with Gasteiger partial charge >= 0.3 is 12.1 Å². The summed E-state index contributed by atoms with van der Waals surface area (Å²) in [6.07, 6.45) is 0.952. The Kier molecular flexibility index (Phi) is 5.36. The second kappa shape index (κ2) is 8.14. The standard InChI is InChI=1S/C24H15F3N2O3/c25-24(26,27)18-6-2-5-16(10-18)22(32)20-13-29-23-19(20)11-17(12-28-23)15-4-1-3-14(9-15)7-8-21(30)31/h1-13H,(H,28,29)(H,30,31)/b8-7+. The van der Waals surface area contributed by atoms with Gasteiger partial charge in [-0.25, -0.2) is 9.78 Å². The number of aromatic nitrogens is 2. The summed E-state index contributed by atoms with van der Waals surface area (Å²) in [5, 5.41) is 9.27. The van der Waals surface area contributed by atoms with E-state index in [0.717, 1.165) is 23.8 Å². The van der Waals surface area contributed by atoms with E-state index in [-0.39, 0.29) is 11.1 Å². The van der Waals surface area contributed by atoms with Crippen molar-refractivity contribution in [2.45, 2.75) is 6.18 Å². The van der Waals surface area contributed by atoms with Gasteiger partial charge in [-0.2, -0.15) is 13.2 Å². The van der Waals surface area contributed by atoms with Gasteiger partial charge in [-0.15, -0.1) is 0 Å². The van der Waals surface area contributed by atoms with Gasteiger partial charge in [0.25, 0.3) is 0 Å². The zero-order chi connectivity index (χ0) is 22.9. The lowest BCUT2D eigenvalue weighted by Gasteiger charge is -2.08. The number of pyridine rings is 1. The highest BCUT2D eigenvalue weighted by Crippen LogP contribution is 2.31. The van der Waals surface area contributed by atoms with Crippen molar-refractivity contribution in [1.82, 2.24) is 9.97 Å². The summed E-state index contributed by atoms with van der Waals surface area (Å²) < 4.78 is 39.1. The van der Waals surface area contributed by atoms with Crippen LogP contribution in [0.1, 0.15) is 27.0 Å². The SMILES string of the molecule is O=C(O)/C=C/c1cccc(-c2cnc3[nH]cc(C(=O)c4cccc(C(F)(F)F)c4)c3c2)c1. The number of carbonyl (C=O) groups is 2. The molecular weight excluding hydrogens is 421 g/mol. The van der Waals surface area contributed by atoms with Crippen molar-refractivity contribution < 1.29 is 27.9 Å². The summed E-state index contributed by atoms with van der Waals surface area (Å²) in [4.78, 5) is 30.9. The maximum atomic E-state index is 13.0. The smallest absolute Gasteiger partial charge is 0.416 e. The van der Waals surface area contributed by atoms with Gasteiger partial charge in [0.2, 0.25) is 0 Å². The summed E-state index contributed by atoms with van der Waals surface area (Å²) >= 11 is 0. The molecule has 0 fully saturated rings. The highest BCUT2D eigenvalue weighted by Gasteiger charge is 2.31. The average molecular weight is 436 g/mol. The van der Waals surface area contributed by atoms with Gasteiger partial charge in [0, 0.05) is 40.5 Å². The number of hydrogen-bond acceptors (Lipinski definition) is 3. The number of alkyl halides is 3. The Hall–Kier alpha value is -4.20. The van der Waals surface area contributed by atoms with Crippen LogP contribution in [0.3, 0.4) is 0 Å². The molecule has 32 heavy (non-hydrogen) atoms. The fourth-order valence-corrected chi connectivity index (χ4v) is 3.33. The van der Waals surface area contributed by atoms with Gasteiger partial charge in [0.1, 0.15) is 5.65 Å². The van der Waals surface area contributed by atoms with E-state index in [2.05, 4.69) is 9.97 Å². The molecule has 0 unspecified atom stereocenters. The lowest BCUT2D eigenvalue weighted by Crippen LogP contribution is -2.08. The number of ketones is 1. The molecule has 4 aromatic rings. The fraction of sp³-hybridized carbons (Fsp3) is 0.0417. The molecule has 0 aliphatic rings. The molecule has 0 aliphatic carbocycles. The molecule has 0 radical (unpaired) electrons. The van der Waals surface area contributed by atoms with Crippen LogP contribution in [-0.2, 0) is 11.0 Å². The molecule has 2 heterocycles. The third-order valence-electron chi connectivity index (χ3n) is 4.87. The number of nitrogens with one attached hydrogen (secondary N) is 1. The Balaban J connectivity index is 1.74. The number of nitrogens with zero attached hydrogens (tertiary/aromatic N) is 1. The third kappa shape index (κ3) is 4.29. The molecular formula is C24H15F3N2O3. The van der Waals surface area contributed by atoms with Crippen molar-refractivity contribution in [3.63, 3.8) is 0 Å². The maximum absolute atomic E-state index is 13.0. The van der Waals surface area contributed by atoms with Crippen LogP contribution in [0.4, 0.5) is 13.2 Å². The molecule has 0 saturated heterocycles. The molecule has 0 atom stereocenters. The van der Waals surface area contributed by atoms with Gasteiger partial charge in [0.05, 0.1) is 5.56 Å². The zero-order valence-corrected chi connectivity index (χ0v) is 16.4. The Morgan fingerprint density at radius 2 is 1.78 bits per heavy atom. The number of fused-ring (bicyclic) bond motifs is 1. The Morgan fingerprint density at radius 3 is 2.53 bits per heavy atom. The van der Waals surface area contributed by atoms with Crippen molar-refractivity contribution in [1.29, 1.82) is 0 Å².